The number of ether oxygens (including phenoxy) is 2. The van der Waals surface area contributed by atoms with E-state index >= 15 is 0 Å². The quantitative estimate of drug-likeness (QED) is 0.791. The number of aliphatic hydroxyl groups excluding tert-OH is 1. The van der Waals surface area contributed by atoms with Gasteiger partial charge in [0.25, 0.3) is 0 Å². The fraction of sp³-hybridized carbons (Fsp3) is 0.625. The predicted octanol–water partition coefficient (Wildman–Crippen LogP) is 4.57. The zero-order valence-electron chi connectivity index (χ0n) is 12.6. The van der Waals surface area contributed by atoms with Crippen molar-refractivity contribution >= 4 is 27.7 Å². The van der Waals surface area contributed by atoms with E-state index in [1.807, 2.05) is 23.9 Å². The van der Waals surface area contributed by atoms with Gasteiger partial charge in [0.05, 0.1) is 20.3 Å². The molecule has 1 aromatic carbocycles. The Balaban J connectivity index is 2.04. The Kier molecular flexibility index (Phi) is 6.71. The number of halogens is 1. The van der Waals surface area contributed by atoms with Crippen LogP contribution in [0.25, 0.3) is 0 Å². The monoisotopic (exact) mass is 374 g/mol. The molecule has 0 aliphatic heterocycles. The lowest BCUT2D eigenvalue weighted by Crippen LogP contribution is -2.12. The van der Waals surface area contributed by atoms with Gasteiger partial charge in [0, 0.05) is 16.6 Å². The highest BCUT2D eigenvalue weighted by Crippen LogP contribution is 2.41. The van der Waals surface area contributed by atoms with Crippen molar-refractivity contribution in [3.05, 3.63) is 22.2 Å². The maximum Gasteiger partial charge on any atom is 0.142 e. The fourth-order valence-corrected chi connectivity index (χ4v) is 4.71. The smallest absolute Gasteiger partial charge is 0.142 e. The van der Waals surface area contributed by atoms with Gasteiger partial charge in [0.15, 0.2) is 0 Å². The van der Waals surface area contributed by atoms with E-state index in [-0.39, 0.29) is 0 Å². The van der Waals surface area contributed by atoms with Gasteiger partial charge in [-0.3, -0.25) is 0 Å². The topological polar surface area (TPSA) is 38.7 Å². The molecule has 0 saturated heterocycles. The Labute approximate surface area is 139 Å². The standard InChI is InChI=1S/C16H23BrO3S/c1-19-14-9-8-12(16(20-2)15(14)17)13(18)10-21-11-6-4-3-5-7-11/h8-9,11,13,18H,3-7,10H2,1-2H3. The fourth-order valence-electron chi connectivity index (χ4n) is 2.73. The van der Waals surface area contributed by atoms with Crippen LogP contribution in [-0.4, -0.2) is 30.3 Å². The van der Waals surface area contributed by atoms with Crippen LogP contribution in [0.15, 0.2) is 16.6 Å². The van der Waals surface area contributed by atoms with Crippen molar-refractivity contribution in [3.63, 3.8) is 0 Å². The van der Waals surface area contributed by atoms with Crippen molar-refractivity contribution in [1.82, 2.24) is 0 Å². The van der Waals surface area contributed by atoms with Gasteiger partial charge in [0.1, 0.15) is 16.0 Å². The lowest BCUT2D eigenvalue weighted by molar-refractivity contribution is 0.198. The molecule has 21 heavy (non-hydrogen) atoms. The van der Waals surface area contributed by atoms with Gasteiger partial charge in [-0.15, -0.1) is 0 Å². The second kappa shape index (κ2) is 8.30. The largest absolute Gasteiger partial charge is 0.495 e. The van der Waals surface area contributed by atoms with Crippen LogP contribution < -0.4 is 9.47 Å². The summed E-state index contributed by atoms with van der Waals surface area (Å²) in [6, 6.07) is 3.74. The second-order valence-electron chi connectivity index (χ2n) is 5.31. The second-order valence-corrected chi connectivity index (χ2v) is 7.44. The Hall–Kier alpha value is -0.390. The van der Waals surface area contributed by atoms with E-state index in [2.05, 4.69) is 15.9 Å². The van der Waals surface area contributed by atoms with Crippen molar-refractivity contribution in [2.75, 3.05) is 20.0 Å². The molecule has 5 heteroatoms. The number of thioether (sulfide) groups is 1. The highest BCUT2D eigenvalue weighted by Gasteiger charge is 2.21. The minimum absolute atomic E-state index is 0.519. The third kappa shape index (κ3) is 4.30. The van der Waals surface area contributed by atoms with Gasteiger partial charge in [-0.1, -0.05) is 19.3 Å². The van der Waals surface area contributed by atoms with Gasteiger partial charge < -0.3 is 14.6 Å². The molecule has 1 aliphatic carbocycles. The maximum atomic E-state index is 10.5. The Morgan fingerprint density at radius 3 is 2.57 bits per heavy atom. The first-order valence-corrected chi connectivity index (χ1v) is 9.21. The molecule has 0 bridgehead atoms. The number of hydrogen-bond donors (Lipinski definition) is 1. The van der Waals surface area contributed by atoms with E-state index in [9.17, 15) is 5.11 Å². The van der Waals surface area contributed by atoms with E-state index in [4.69, 9.17) is 9.47 Å². The summed E-state index contributed by atoms with van der Waals surface area (Å²) in [4.78, 5) is 0. The normalized spacial score (nSPS) is 17.5. The molecule has 3 nitrogen and oxygen atoms in total. The molecule has 0 amide bonds. The van der Waals surface area contributed by atoms with Crippen molar-refractivity contribution in [1.29, 1.82) is 0 Å². The van der Waals surface area contributed by atoms with Crippen LogP contribution in [0.3, 0.4) is 0 Å². The van der Waals surface area contributed by atoms with E-state index in [0.29, 0.717) is 22.5 Å². The maximum absolute atomic E-state index is 10.5. The third-order valence-corrected chi connectivity index (χ3v) is 6.12. The van der Waals surface area contributed by atoms with Crippen LogP contribution >= 0.6 is 27.7 Å². The molecule has 1 N–H and O–H groups in total. The van der Waals surface area contributed by atoms with Gasteiger partial charge in [-0.05, 0) is 40.9 Å². The Morgan fingerprint density at radius 2 is 1.95 bits per heavy atom. The van der Waals surface area contributed by atoms with Crippen molar-refractivity contribution in [2.24, 2.45) is 0 Å². The molecule has 0 spiro atoms. The summed E-state index contributed by atoms with van der Waals surface area (Å²) in [5.74, 6) is 2.08. The van der Waals surface area contributed by atoms with Gasteiger partial charge in [-0.2, -0.15) is 11.8 Å². The van der Waals surface area contributed by atoms with E-state index < -0.39 is 6.10 Å². The molecular formula is C16H23BrO3S. The third-order valence-electron chi connectivity index (χ3n) is 3.92. The molecule has 2 rings (SSSR count). The van der Waals surface area contributed by atoms with E-state index in [0.717, 1.165) is 10.0 Å². The summed E-state index contributed by atoms with van der Waals surface area (Å²) in [5, 5.41) is 11.2. The van der Waals surface area contributed by atoms with Crippen molar-refractivity contribution < 1.29 is 14.6 Å². The molecule has 0 radical (unpaired) electrons. The van der Waals surface area contributed by atoms with Crippen LogP contribution in [0, 0.1) is 0 Å². The van der Waals surface area contributed by atoms with E-state index in [1.165, 1.54) is 32.1 Å². The van der Waals surface area contributed by atoms with Crippen LogP contribution in [-0.2, 0) is 0 Å². The summed E-state index contributed by atoms with van der Waals surface area (Å²) in [7, 11) is 3.23. The van der Waals surface area contributed by atoms with Gasteiger partial charge in [-0.25, -0.2) is 0 Å². The predicted molar refractivity (Wildman–Crippen MR) is 91.5 cm³/mol. The average Bonchev–Trinajstić information content (AvgIpc) is 2.53. The number of benzene rings is 1. The Morgan fingerprint density at radius 1 is 1.24 bits per heavy atom. The first-order valence-electron chi connectivity index (χ1n) is 7.37. The highest BCUT2D eigenvalue weighted by atomic mass is 79.9. The summed E-state index contributed by atoms with van der Waals surface area (Å²) in [6.07, 6.45) is 6.05. The summed E-state index contributed by atoms with van der Waals surface area (Å²) >= 11 is 5.36. The summed E-state index contributed by atoms with van der Waals surface area (Å²) < 4.78 is 11.5. The number of rotatable bonds is 6. The number of hydrogen-bond acceptors (Lipinski definition) is 4. The van der Waals surface area contributed by atoms with Crippen LogP contribution in [0.4, 0.5) is 0 Å². The number of aliphatic hydroxyl groups is 1. The zero-order valence-corrected chi connectivity index (χ0v) is 15.0. The summed E-state index contributed by atoms with van der Waals surface area (Å²) in [5.41, 5.74) is 0.813. The van der Waals surface area contributed by atoms with Gasteiger partial charge in [0.2, 0.25) is 0 Å². The van der Waals surface area contributed by atoms with Crippen LogP contribution in [0.1, 0.15) is 43.8 Å². The molecule has 1 aromatic rings. The molecule has 1 fully saturated rings. The van der Waals surface area contributed by atoms with Crippen LogP contribution in [0.5, 0.6) is 11.5 Å². The molecule has 1 aliphatic rings. The first-order chi connectivity index (χ1) is 10.2. The zero-order chi connectivity index (χ0) is 15.2. The molecule has 118 valence electrons. The molecule has 1 saturated carbocycles. The molecule has 1 unspecified atom stereocenters. The van der Waals surface area contributed by atoms with Gasteiger partial charge >= 0.3 is 0 Å². The highest BCUT2D eigenvalue weighted by molar-refractivity contribution is 9.10. The molecule has 0 heterocycles. The average molecular weight is 375 g/mol. The minimum Gasteiger partial charge on any atom is -0.495 e. The molecule has 0 aromatic heterocycles. The first kappa shape index (κ1) is 17.0. The van der Waals surface area contributed by atoms with Crippen molar-refractivity contribution in [3.8, 4) is 11.5 Å². The number of methoxy groups -OCH3 is 2. The van der Waals surface area contributed by atoms with Crippen molar-refractivity contribution in [2.45, 2.75) is 43.5 Å². The lowest BCUT2D eigenvalue weighted by atomic mass is 10.0. The Bertz CT molecular complexity index is 461. The van der Waals surface area contributed by atoms with Crippen LogP contribution in [0.2, 0.25) is 0 Å². The molecule has 1 atom stereocenters. The lowest BCUT2D eigenvalue weighted by Gasteiger charge is -2.23. The molecular weight excluding hydrogens is 352 g/mol. The SMILES string of the molecule is COc1ccc(C(O)CSC2CCCCC2)c(OC)c1Br. The summed E-state index contributed by atoms with van der Waals surface area (Å²) in [6.45, 7) is 0. The minimum atomic E-state index is -0.519. The van der Waals surface area contributed by atoms with E-state index in [1.54, 1.807) is 14.2 Å².